The van der Waals surface area contributed by atoms with Crippen LogP contribution in [0.2, 0.25) is 0 Å². The highest BCUT2D eigenvalue weighted by Gasteiger charge is 2.35. The van der Waals surface area contributed by atoms with Gasteiger partial charge in [-0.25, -0.2) is 0 Å². The van der Waals surface area contributed by atoms with E-state index in [0.29, 0.717) is 26.0 Å². The van der Waals surface area contributed by atoms with Crippen LogP contribution < -0.4 is 10.1 Å². The standard InChI is InChI=1S/C17H23NO4/c1-12-5-4-6-13(11-12)22-10-9-18-16(19)14-7-2-3-8-15(14)17(20)21/h4-6,11,14-15H,2-3,7-10H2,1H3,(H,18,19)(H,20,21)/t14-,15+/m0/s1. The van der Waals surface area contributed by atoms with Gasteiger partial charge in [-0.15, -0.1) is 0 Å². The molecule has 1 amide bonds. The Bertz CT molecular complexity index is 529. The fourth-order valence-electron chi connectivity index (χ4n) is 2.92. The van der Waals surface area contributed by atoms with Crippen LogP contribution in [-0.4, -0.2) is 30.1 Å². The molecule has 2 atom stereocenters. The number of carboxylic acids is 1. The minimum absolute atomic E-state index is 0.167. The van der Waals surface area contributed by atoms with Crippen molar-refractivity contribution in [3.63, 3.8) is 0 Å². The monoisotopic (exact) mass is 305 g/mol. The SMILES string of the molecule is Cc1cccc(OCCNC(=O)[C@H]2CCCC[C@H]2C(=O)O)c1. The van der Waals surface area contributed by atoms with Crippen molar-refractivity contribution in [1.29, 1.82) is 0 Å². The van der Waals surface area contributed by atoms with Crippen LogP contribution in [0.3, 0.4) is 0 Å². The van der Waals surface area contributed by atoms with Gasteiger partial charge >= 0.3 is 5.97 Å². The molecule has 0 unspecified atom stereocenters. The number of rotatable bonds is 6. The number of amides is 1. The van der Waals surface area contributed by atoms with Crippen LogP contribution >= 0.6 is 0 Å². The van der Waals surface area contributed by atoms with Crippen molar-refractivity contribution in [1.82, 2.24) is 5.32 Å². The number of aliphatic carboxylic acids is 1. The lowest BCUT2D eigenvalue weighted by molar-refractivity contribution is -0.148. The van der Waals surface area contributed by atoms with Gasteiger partial charge in [-0.3, -0.25) is 9.59 Å². The van der Waals surface area contributed by atoms with Crippen molar-refractivity contribution in [3.05, 3.63) is 29.8 Å². The van der Waals surface area contributed by atoms with Gasteiger partial charge in [0, 0.05) is 0 Å². The van der Waals surface area contributed by atoms with E-state index in [4.69, 9.17) is 4.74 Å². The van der Waals surface area contributed by atoms with Gasteiger partial charge in [0.05, 0.1) is 18.4 Å². The van der Waals surface area contributed by atoms with Gasteiger partial charge in [0.15, 0.2) is 0 Å². The fraction of sp³-hybridized carbons (Fsp3) is 0.529. The van der Waals surface area contributed by atoms with Crippen LogP contribution in [0.5, 0.6) is 5.75 Å². The highest BCUT2D eigenvalue weighted by molar-refractivity contribution is 5.84. The maximum Gasteiger partial charge on any atom is 0.307 e. The second kappa shape index (κ2) is 7.82. The van der Waals surface area contributed by atoms with Crippen LogP contribution in [0.25, 0.3) is 0 Å². The molecule has 1 fully saturated rings. The predicted octanol–water partition coefficient (Wildman–Crippen LogP) is 2.38. The third-order valence-corrected chi connectivity index (χ3v) is 4.08. The summed E-state index contributed by atoms with van der Waals surface area (Å²) in [5.74, 6) is -1.22. The summed E-state index contributed by atoms with van der Waals surface area (Å²) in [5.41, 5.74) is 1.12. The van der Waals surface area contributed by atoms with Crippen molar-refractivity contribution >= 4 is 11.9 Å². The molecule has 1 aliphatic rings. The summed E-state index contributed by atoms with van der Waals surface area (Å²) < 4.78 is 5.57. The summed E-state index contributed by atoms with van der Waals surface area (Å²) in [7, 11) is 0. The fourth-order valence-corrected chi connectivity index (χ4v) is 2.92. The Morgan fingerprint density at radius 2 is 2.00 bits per heavy atom. The second-order valence-corrected chi connectivity index (χ2v) is 5.79. The average molecular weight is 305 g/mol. The van der Waals surface area contributed by atoms with Crippen LogP contribution in [0, 0.1) is 18.8 Å². The van der Waals surface area contributed by atoms with Crippen molar-refractivity contribution in [2.75, 3.05) is 13.2 Å². The topological polar surface area (TPSA) is 75.6 Å². The molecule has 0 bridgehead atoms. The van der Waals surface area contributed by atoms with Crippen molar-refractivity contribution in [3.8, 4) is 5.75 Å². The largest absolute Gasteiger partial charge is 0.492 e. The second-order valence-electron chi connectivity index (χ2n) is 5.79. The normalized spacial score (nSPS) is 21.1. The molecule has 1 aromatic carbocycles. The Morgan fingerprint density at radius 3 is 2.68 bits per heavy atom. The molecule has 1 aliphatic carbocycles. The number of nitrogens with one attached hydrogen (secondary N) is 1. The predicted molar refractivity (Wildman–Crippen MR) is 82.8 cm³/mol. The molecule has 0 spiro atoms. The van der Waals surface area contributed by atoms with E-state index in [-0.39, 0.29) is 5.91 Å². The highest BCUT2D eigenvalue weighted by Crippen LogP contribution is 2.30. The highest BCUT2D eigenvalue weighted by atomic mass is 16.5. The van der Waals surface area contributed by atoms with Gasteiger partial charge in [0.2, 0.25) is 5.91 Å². The van der Waals surface area contributed by atoms with E-state index in [1.165, 1.54) is 0 Å². The van der Waals surface area contributed by atoms with Crippen molar-refractivity contribution in [2.45, 2.75) is 32.6 Å². The third kappa shape index (κ3) is 4.48. The zero-order valence-corrected chi connectivity index (χ0v) is 12.9. The molecule has 120 valence electrons. The number of benzene rings is 1. The Hall–Kier alpha value is -2.04. The van der Waals surface area contributed by atoms with E-state index < -0.39 is 17.8 Å². The van der Waals surface area contributed by atoms with Gasteiger partial charge in [-0.1, -0.05) is 25.0 Å². The van der Waals surface area contributed by atoms with E-state index in [1.54, 1.807) is 0 Å². The van der Waals surface area contributed by atoms with Crippen molar-refractivity contribution < 1.29 is 19.4 Å². The first-order valence-electron chi connectivity index (χ1n) is 7.78. The number of hydrogen-bond donors (Lipinski definition) is 2. The Morgan fingerprint density at radius 1 is 1.27 bits per heavy atom. The number of carbonyl (C=O) groups excluding carboxylic acids is 1. The molecule has 1 saturated carbocycles. The number of carboxylic acid groups (broad SMARTS) is 1. The summed E-state index contributed by atoms with van der Waals surface area (Å²) in [5, 5.41) is 12.0. The smallest absolute Gasteiger partial charge is 0.307 e. The van der Waals surface area contributed by atoms with Gasteiger partial charge < -0.3 is 15.2 Å². The summed E-state index contributed by atoms with van der Waals surface area (Å²) >= 11 is 0. The minimum Gasteiger partial charge on any atom is -0.492 e. The zero-order chi connectivity index (χ0) is 15.9. The first-order chi connectivity index (χ1) is 10.6. The molecule has 0 saturated heterocycles. The molecular formula is C17H23NO4. The van der Waals surface area contributed by atoms with Crippen LogP contribution in [0.15, 0.2) is 24.3 Å². The Labute approximate surface area is 130 Å². The molecule has 0 radical (unpaired) electrons. The Kier molecular flexibility index (Phi) is 5.81. The summed E-state index contributed by atoms with van der Waals surface area (Å²) in [6.45, 7) is 2.75. The minimum atomic E-state index is -0.865. The van der Waals surface area contributed by atoms with Gasteiger partial charge in [0.1, 0.15) is 12.4 Å². The first-order valence-corrected chi connectivity index (χ1v) is 7.78. The van der Waals surface area contributed by atoms with Gasteiger partial charge in [0.25, 0.3) is 0 Å². The maximum absolute atomic E-state index is 12.1. The molecule has 5 nitrogen and oxygen atoms in total. The Balaban J connectivity index is 1.76. The number of carbonyl (C=O) groups is 2. The van der Waals surface area contributed by atoms with E-state index in [1.807, 2.05) is 31.2 Å². The summed E-state index contributed by atoms with van der Waals surface area (Å²) in [6, 6.07) is 7.71. The van der Waals surface area contributed by atoms with Gasteiger partial charge in [-0.2, -0.15) is 0 Å². The maximum atomic E-state index is 12.1. The molecule has 0 aromatic heterocycles. The van der Waals surface area contributed by atoms with E-state index >= 15 is 0 Å². The molecule has 22 heavy (non-hydrogen) atoms. The van der Waals surface area contributed by atoms with Crippen molar-refractivity contribution in [2.24, 2.45) is 11.8 Å². The zero-order valence-electron chi connectivity index (χ0n) is 12.9. The van der Waals surface area contributed by atoms with E-state index in [0.717, 1.165) is 24.2 Å². The third-order valence-electron chi connectivity index (χ3n) is 4.08. The molecule has 0 aliphatic heterocycles. The lowest BCUT2D eigenvalue weighted by atomic mass is 9.79. The summed E-state index contributed by atoms with van der Waals surface area (Å²) in [6.07, 6.45) is 3.05. The molecule has 0 heterocycles. The quantitative estimate of drug-likeness (QED) is 0.791. The molecule has 2 N–H and O–H groups in total. The average Bonchev–Trinajstić information content (AvgIpc) is 2.51. The number of ether oxygens (including phenoxy) is 1. The van der Waals surface area contributed by atoms with Crippen LogP contribution in [0.1, 0.15) is 31.2 Å². The molecule has 2 rings (SSSR count). The molecular weight excluding hydrogens is 282 g/mol. The summed E-state index contributed by atoms with van der Waals surface area (Å²) in [4.78, 5) is 23.4. The number of aryl methyl sites for hydroxylation is 1. The lowest BCUT2D eigenvalue weighted by Crippen LogP contribution is -2.41. The molecule has 1 aromatic rings. The van der Waals surface area contributed by atoms with Crippen LogP contribution in [-0.2, 0) is 9.59 Å². The van der Waals surface area contributed by atoms with Gasteiger partial charge in [-0.05, 0) is 37.5 Å². The number of hydrogen-bond acceptors (Lipinski definition) is 3. The van der Waals surface area contributed by atoms with Crippen LogP contribution in [0.4, 0.5) is 0 Å². The molecule has 5 heteroatoms. The van der Waals surface area contributed by atoms with E-state index in [9.17, 15) is 14.7 Å². The lowest BCUT2D eigenvalue weighted by Gasteiger charge is -2.27. The van der Waals surface area contributed by atoms with E-state index in [2.05, 4.69) is 5.32 Å². The first kappa shape index (κ1) is 16.3.